The van der Waals surface area contributed by atoms with Crippen LogP contribution in [0.2, 0.25) is 0 Å². The van der Waals surface area contributed by atoms with E-state index in [0.29, 0.717) is 5.75 Å². The lowest BCUT2D eigenvalue weighted by Crippen LogP contribution is -2.51. The van der Waals surface area contributed by atoms with Crippen molar-refractivity contribution in [2.75, 3.05) is 32.8 Å². The molecule has 1 aliphatic heterocycles. The van der Waals surface area contributed by atoms with E-state index in [1.807, 2.05) is 12.1 Å². The first kappa shape index (κ1) is 19.8. The van der Waals surface area contributed by atoms with Crippen molar-refractivity contribution in [1.29, 1.82) is 0 Å². The minimum absolute atomic E-state index is 0.0437. The van der Waals surface area contributed by atoms with Crippen molar-refractivity contribution in [3.63, 3.8) is 0 Å². The number of carbonyl (C=O) groups is 1. The lowest BCUT2D eigenvalue weighted by atomic mass is 10.3. The minimum Gasteiger partial charge on any atom is -0.484 e. The average Bonchev–Trinajstić information content (AvgIpc) is 2.68. The van der Waals surface area contributed by atoms with E-state index in [4.69, 9.17) is 4.74 Å². The molecule has 1 amide bonds. The van der Waals surface area contributed by atoms with Crippen LogP contribution >= 0.6 is 15.9 Å². The molecule has 0 aromatic heterocycles. The molecule has 0 unspecified atom stereocenters. The van der Waals surface area contributed by atoms with Gasteiger partial charge in [0.15, 0.2) is 6.61 Å². The van der Waals surface area contributed by atoms with Crippen LogP contribution in [0.4, 0.5) is 4.39 Å². The Morgan fingerprint density at radius 3 is 2.19 bits per heavy atom. The summed E-state index contributed by atoms with van der Waals surface area (Å²) in [5.74, 6) is -0.101. The zero-order valence-electron chi connectivity index (χ0n) is 14.3. The van der Waals surface area contributed by atoms with Crippen LogP contribution in [0.25, 0.3) is 0 Å². The van der Waals surface area contributed by atoms with Crippen LogP contribution < -0.4 is 4.74 Å². The molecule has 2 aromatic rings. The number of amides is 1. The third-order valence-electron chi connectivity index (χ3n) is 4.22. The number of sulfonamides is 1. The molecule has 3 rings (SSSR count). The predicted molar refractivity (Wildman–Crippen MR) is 101 cm³/mol. The first-order valence-corrected chi connectivity index (χ1v) is 10.5. The Morgan fingerprint density at radius 2 is 1.59 bits per heavy atom. The molecule has 1 saturated heterocycles. The average molecular weight is 457 g/mol. The van der Waals surface area contributed by atoms with E-state index >= 15 is 0 Å². The predicted octanol–water partition coefficient (Wildman–Crippen LogP) is 2.50. The third-order valence-corrected chi connectivity index (χ3v) is 6.66. The van der Waals surface area contributed by atoms with Gasteiger partial charge < -0.3 is 9.64 Å². The molecule has 0 bridgehead atoms. The number of ether oxygens (including phenoxy) is 1. The fourth-order valence-electron chi connectivity index (χ4n) is 2.70. The number of carbonyl (C=O) groups excluding carboxylic acids is 1. The van der Waals surface area contributed by atoms with Crippen LogP contribution in [0.1, 0.15) is 0 Å². The second-order valence-corrected chi connectivity index (χ2v) is 8.83. The first-order valence-electron chi connectivity index (χ1n) is 8.28. The normalized spacial score (nSPS) is 15.6. The highest BCUT2D eigenvalue weighted by atomic mass is 79.9. The molecule has 0 aliphatic carbocycles. The summed E-state index contributed by atoms with van der Waals surface area (Å²) in [5, 5.41) is 0. The highest BCUT2D eigenvalue weighted by Crippen LogP contribution is 2.19. The lowest BCUT2D eigenvalue weighted by Gasteiger charge is -2.34. The van der Waals surface area contributed by atoms with Gasteiger partial charge in [-0.2, -0.15) is 4.31 Å². The van der Waals surface area contributed by atoms with Crippen molar-refractivity contribution in [2.24, 2.45) is 0 Å². The van der Waals surface area contributed by atoms with Gasteiger partial charge in [0.25, 0.3) is 5.91 Å². The molecule has 0 radical (unpaired) electrons. The van der Waals surface area contributed by atoms with Crippen LogP contribution in [-0.2, 0) is 14.8 Å². The van der Waals surface area contributed by atoms with Gasteiger partial charge in [-0.05, 0) is 48.5 Å². The number of benzene rings is 2. The molecule has 0 atom stereocenters. The van der Waals surface area contributed by atoms with E-state index in [0.717, 1.165) is 16.6 Å². The zero-order valence-corrected chi connectivity index (χ0v) is 16.7. The SMILES string of the molecule is O=C(COc1ccc(Br)cc1)N1CCN(S(=O)(=O)c2ccc(F)cc2)CC1. The molecule has 1 fully saturated rings. The van der Waals surface area contributed by atoms with Crippen molar-refractivity contribution >= 4 is 31.9 Å². The van der Waals surface area contributed by atoms with Crippen LogP contribution in [0.3, 0.4) is 0 Å². The zero-order chi connectivity index (χ0) is 19.4. The second-order valence-electron chi connectivity index (χ2n) is 5.98. The summed E-state index contributed by atoms with van der Waals surface area (Å²) in [6, 6.07) is 11.9. The fourth-order valence-corrected chi connectivity index (χ4v) is 4.39. The van der Waals surface area contributed by atoms with E-state index in [1.54, 1.807) is 17.0 Å². The molecule has 9 heteroatoms. The van der Waals surface area contributed by atoms with Crippen molar-refractivity contribution in [3.8, 4) is 5.75 Å². The Labute approximate surface area is 165 Å². The summed E-state index contributed by atoms with van der Waals surface area (Å²) < 4.78 is 45.9. The fraction of sp³-hybridized carbons (Fsp3) is 0.278. The maximum absolute atomic E-state index is 13.0. The Morgan fingerprint density at radius 1 is 1.00 bits per heavy atom. The quantitative estimate of drug-likeness (QED) is 0.692. The third kappa shape index (κ3) is 4.85. The van der Waals surface area contributed by atoms with Crippen molar-refractivity contribution in [2.45, 2.75) is 4.90 Å². The van der Waals surface area contributed by atoms with Gasteiger partial charge >= 0.3 is 0 Å². The second kappa shape index (κ2) is 8.37. The number of piperazine rings is 1. The highest BCUT2D eigenvalue weighted by molar-refractivity contribution is 9.10. The van der Waals surface area contributed by atoms with E-state index in [1.165, 1.54) is 16.4 Å². The van der Waals surface area contributed by atoms with Gasteiger partial charge in [0.1, 0.15) is 11.6 Å². The summed E-state index contributed by atoms with van der Waals surface area (Å²) >= 11 is 3.33. The van der Waals surface area contributed by atoms with Gasteiger partial charge in [-0.15, -0.1) is 0 Å². The molecule has 144 valence electrons. The number of hydrogen-bond donors (Lipinski definition) is 0. The molecule has 6 nitrogen and oxygen atoms in total. The maximum Gasteiger partial charge on any atom is 0.260 e. The van der Waals surface area contributed by atoms with Crippen LogP contribution in [0.5, 0.6) is 5.75 Å². The Hall–Kier alpha value is -1.97. The van der Waals surface area contributed by atoms with Crippen LogP contribution in [0.15, 0.2) is 57.9 Å². The number of nitrogens with zero attached hydrogens (tertiary/aromatic N) is 2. The number of halogens is 2. The van der Waals surface area contributed by atoms with Crippen molar-refractivity contribution in [1.82, 2.24) is 9.21 Å². The summed E-state index contributed by atoms with van der Waals surface area (Å²) in [4.78, 5) is 13.9. The van der Waals surface area contributed by atoms with Gasteiger partial charge in [0, 0.05) is 30.7 Å². The van der Waals surface area contributed by atoms with Crippen molar-refractivity contribution in [3.05, 3.63) is 58.8 Å². The maximum atomic E-state index is 13.0. The molecule has 27 heavy (non-hydrogen) atoms. The smallest absolute Gasteiger partial charge is 0.260 e. The standard InChI is InChI=1S/C18H18BrFN2O4S/c19-14-1-5-16(6-2-14)26-13-18(23)21-9-11-22(12-10-21)27(24,25)17-7-3-15(20)4-8-17/h1-8H,9-13H2. The number of rotatable bonds is 5. The van der Waals surface area contributed by atoms with Gasteiger partial charge in [0.2, 0.25) is 10.0 Å². The summed E-state index contributed by atoms with van der Waals surface area (Å²) in [5.41, 5.74) is 0. The molecular formula is C18H18BrFN2O4S. The first-order chi connectivity index (χ1) is 12.9. The monoisotopic (exact) mass is 456 g/mol. The summed E-state index contributed by atoms with van der Waals surface area (Å²) in [6.07, 6.45) is 0. The van der Waals surface area contributed by atoms with Gasteiger partial charge in [-0.3, -0.25) is 4.79 Å². The molecule has 1 heterocycles. The van der Waals surface area contributed by atoms with E-state index in [-0.39, 0.29) is 43.6 Å². The Kier molecular flexibility index (Phi) is 6.13. The summed E-state index contributed by atoms with van der Waals surface area (Å²) in [7, 11) is -3.69. The van der Waals surface area contributed by atoms with E-state index in [9.17, 15) is 17.6 Å². The van der Waals surface area contributed by atoms with Gasteiger partial charge in [-0.25, -0.2) is 12.8 Å². The van der Waals surface area contributed by atoms with Crippen LogP contribution in [0, 0.1) is 5.82 Å². The van der Waals surface area contributed by atoms with E-state index in [2.05, 4.69) is 15.9 Å². The Bertz CT molecular complexity index is 896. The minimum atomic E-state index is -3.69. The van der Waals surface area contributed by atoms with Crippen LogP contribution in [-0.4, -0.2) is 56.3 Å². The lowest BCUT2D eigenvalue weighted by molar-refractivity contribution is -0.134. The molecule has 2 aromatic carbocycles. The van der Waals surface area contributed by atoms with Gasteiger partial charge in [-0.1, -0.05) is 15.9 Å². The number of hydrogen-bond acceptors (Lipinski definition) is 4. The highest BCUT2D eigenvalue weighted by Gasteiger charge is 2.30. The molecule has 1 aliphatic rings. The largest absolute Gasteiger partial charge is 0.484 e. The molecule has 0 spiro atoms. The molecular weight excluding hydrogens is 439 g/mol. The molecule has 0 saturated carbocycles. The van der Waals surface area contributed by atoms with E-state index < -0.39 is 15.8 Å². The Balaban J connectivity index is 1.54. The molecule has 0 N–H and O–H groups in total. The van der Waals surface area contributed by atoms with Crippen molar-refractivity contribution < 1.29 is 22.3 Å². The van der Waals surface area contributed by atoms with Gasteiger partial charge in [0.05, 0.1) is 4.90 Å². The topological polar surface area (TPSA) is 66.9 Å². The summed E-state index contributed by atoms with van der Waals surface area (Å²) in [6.45, 7) is 0.825.